The van der Waals surface area contributed by atoms with E-state index in [0.717, 1.165) is 13.1 Å². The Kier molecular flexibility index (Phi) is 5.21. The van der Waals surface area contributed by atoms with E-state index >= 15 is 0 Å². The van der Waals surface area contributed by atoms with Gasteiger partial charge in [0.1, 0.15) is 5.82 Å². The van der Waals surface area contributed by atoms with Gasteiger partial charge in [0.05, 0.1) is 0 Å². The first-order valence-corrected chi connectivity index (χ1v) is 5.28. The van der Waals surface area contributed by atoms with Crippen LogP contribution in [0.4, 0.5) is 5.82 Å². The molecule has 1 rings (SSSR count). The SMILES string of the molecule is CCNC(=O)c1ccc(NCCNC)nn1. The number of likely N-dealkylation sites (N-methyl/N-ethyl adjacent to an activating group) is 1. The molecule has 0 saturated carbocycles. The van der Waals surface area contributed by atoms with Gasteiger partial charge in [-0.15, -0.1) is 10.2 Å². The van der Waals surface area contributed by atoms with Gasteiger partial charge < -0.3 is 16.0 Å². The number of anilines is 1. The lowest BCUT2D eigenvalue weighted by molar-refractivity contribution is 0.0950. The summed E-state index contributed by atoms with van der Waals surface area (Å²) in [6.07, 6.45) is 0. The Morgan fingerprint density at radius 1 is 1.31 bits per heavy atom. The summed E-state index contributed by atoms with van der Waals surface area (Å²) in [6, 6.07) is 3.40. The summed E-state index contributed by atoms with van der Waals surface area (Å²) in [5, 5.41) is 16.5. The van der Waals surface area contributed by atoms with Gasteiger partial charge in [-0.3, -0.25) is 4.79 Å². The Hall–Kier alpha value is -1.69. The van der Waals surface area contributed by atoms with Crippen LogP contribution in [0.1, 0.15) is 17.4 Å². The minimum atomic E-state index is -0.197. The third kappa shape index (κ3) is 3.82. The molecule has 0 aliphatic carbocycles. The predicted octanol–water partition coefficient (Wildman–Crippen LogP) is -0.142. The Balaban J connectivity index is 2.50. The number of rotatable bonds is 6. The van der Waals surface area contributed by atoms with E-state index < -0.39 is 0 Å². The second kappa shape index (κ2) is 6.73. The fourth-order valence-corrected chi connectivity index (χ4v) is 1.11. The summed E-state index contributed by atoms with van der Waals surface area (Å²) in [5.41, 5.74) is 0.334. The van der Waals surface area contributed by atoms with Crippen molar-refractivity contribution >= 4 is 11.7 Å². The molecule has 3 N–H and O–H groups in total. The van der Waals surface area contributed by atoms with Crippen LogP contribution in [0.5, 0.6) is 0 Å². The number of amides is 1. The zero-order valence-corrected chi connectivity index (χ0v) is 9.58. The summed E-state index contributed by atoms with van der Waals surface area (Å²) in [6.45, 7) is 4.06. The highest BCUT2D eigenvalue weighted by molar-refractivity contribution is 5.92. The number of nitrogens with zero attached hydrogens (tertiary/aromatic N) is 2. The topological polar surface area (TPSA) is 78.9 Å². The Morgan fingerprint density at radius 2 is 2.12 bits per heavy atom. The first-order valence-electron chi connectivity index (χ1n) is 5.28. The lowest BCUT2D eigenvalue weighted by Gasteiger charge is -2.04. The molecular formula is C10H17N5O. The van der Waals surface area contributed by atoms with Gasteiger partial charge in [0.2, 0.25) is 0 Å². The van der Waals surface area contributed by atoms with Crippen LogP contribution in [0.15, 0.2) is 12.1 Å². The standard InChI is InChI=1S/C10H17N5O/c1-3-12-10(16)8-4-5-9(15-14-8)13-7-6-11-2/h4-5,11H,3,6-7H2,1-2H3,(H,12,16)(H,13,15). The molecule has 0 radical (unpaired) electrons. The molecule has 0 spiro atoms. The maximum atomic E-state index is 11.4. The second-order valence-electron chi connectivity index (χ2n) is 3.19. The molecule has 1 aromatic heterocycles. The number of carbonyl (C=O) groups excluding carboxylic acids is 1. The first kappa shape index (κ1) is 12.4. The Labute approximate surface area is 94.8 Å². The third-order valence-electron chi connectivity index (χ3n) is 1.92. The van der Waals surface area contributed by atoms with Crippen molar-refractivity contribution in [1.82, 2.24) is 20.8 Å². The summed E-state index contributed by atoms with van der Waals surface area (Å²) < 4.78 is 0. The average molecular weight is 223 g/mol. The summed E-state index contributed by atoms with van der Waals surface area (Å²) in [4.78, 5) is 11.4. The molecular weight excluding hydrogens is 206 g/mol. The van der Waals surface area contributed by atoms with E-state index in [1.54, 1.807) is 12.1 Å². The van der Waals surface area contributed by atoms with Crippen molar-refractivity contribution in [3.8, 4) is 0 Å². The van der Waals surface area contributed by atoms with Crippen LogP contribution >= 0.6 is 0 Å². The minimum absolute atomic E-state index is 0.197. The molecule has 1 heterocycles. The normalized spacial score (nSPS) is 9.88. The molecule has 6 nitrogen and oxygen atoms in total. The van der Waals surface area contributed by atoms with Crippen molar-refractivity contribution in [1.29, 1.82) is 0 Å². The maximum absolute atomic E-state index is 11.4. The number of hydrogen-bond acceptors (Lipinski definition) is 5. The summed E-state index contributed by atoms with van der Waals surface area (Å²) >= 11 is 0. The number of hydrogen-bond donors (Lipinski definition) is 3. The van der Waals surface area contributed by atoms with E-state index in [1.807, 2.05) is 14.0 Å². The van der Waals surface area contributed by atoms with Crippen molar-refractivity contribution < 1.29 is 4.79 Å². The van der Waals surface area contributed by atoms with Crippen LogP contribution in [-0.2, 0) is 0 Å². The van der Waals surface area contributed by atoms with Gasteiger partial charge in [-0.1, -0.05) is 0 Å². The van der Waals surface area contributed by atoms with Gasteiger partial charge in [-0.25, -0.2) is 0 Å². The van der Waals surface area contributed by atoms with Crippen LogP contribution in [0.25, 0.3) is 0 Å². The quantitative estimate of drug-likeness (QED) is 0.585. The fourth-order valence-electron chi connectivity index (χ4n) is 1.11. The molecule has 0 atom stereocenters. The van der Waals surface area contributed by atoms with E-state index in [2.05, 4.69) is 26.1 Å². The molecule has 0 aliphatic heterocycles. The van der Waals surface area contributed by atoms with Crippen LogP contribution in [-0.4, -0.2) is 42.8 Å². The van der Waals surface area contributed by atoms with E-state index in [-0.39, 0.29) is 5.91 Å². The van der Waals surface area contributed by atoms with Gasteiger partial charge >= 0.3 is 0 Å². The van der Waals surface area contributed by atoms with Gasteiger partial charge in [-0.05, 0) is 26.1 Å². The Bertz CT molecular complexity index is 324. The highest BCUT2D eigenvalue weighted by atomic mass is 16.1. The Morgan fingerprint density at radius 3 is 2.69 bits per heavy atom. The van der Waals surface area contributed by atoms with Gasteiger partial charge in [0, 0.05) is 19.6 Å². The molecule has 0 saturated heterocycles. The molecule has 0 aliphatic rings. The molecule has 1 aromatic rings. The number of aromatic nitrogens is 2. The molecule has 88 valence electrons. The minimum Gasteiger partial charge on any atom is -0.367 e. The second-order valence-corrected chi connectivity index (χ2v) is 3.19. The van der Waals surface area contributed by atoms with Crippen molar-refractivity contribution in [2.24, 2.45) is 0 Å². The predicted molar refractivity (Wildman–Crippen MR) is 62.5 cm³/mol. The van der Waals surface area contributed by atoms with Gasteiger partial charge in [0.25, 0.3) is 5.91 Å². The highest BCUT2D eigenvalue weighted by Crippen LogP contribution is 2.01. The van der Waals surface area contributed by atoms with E-state index in [1.165, 1.54) is 0 Å². The van der Waals surface area contributed by atoms with Crippen LogP contribution < -0.4 is 16.0 Å². The van der Waals surface area contributed by atoms with Gasteiger partial charge in [-0.2, -0.15) is 0 Å². The van der Waals surface area contributed by atoms with Crippen LogP contribution in [0.3, 0.4) is 0 Å². The zero-order chi connectivity index (χ0) is 11.8. The zero-order valence-electron chi connectivity index (χ0n) is 9.58. The fraction of sp³-hybridized carbons (Fsp3) is 0.500. The van der Waals surface area contributed by atoms with Crippen molar-refractivity contribution in [3.63, 3.8) is 0 Å². The summed E-state index contributed by atoms with van der Waals surface area (Å²) in [7, 11) is 1.88. The molecule has 0 unspecified atom stereocenters. The van der Waals surface area contributed by atoms with Gasteiger partial charge in [0.15, 0.2) is 5.69 Å². The van der Waals surface area contributed by atoms with Crippen molar-refractivity contribution in [2.45, 2.75) is 6.92 Å². The van der Waals surface area contributed by atoms with E-state index in [9.17, 15) is 4.79 Å². The molecule has 0 bridgehead atoms. The van der Waals surface area contributed by atoms with E-state index in [0.29, 0.717) is 18.1 Å². The molecule has 16 heavy (non-hydrogen) atoms. The lowest BCUT2D eigenvalue weighted by atomic mass is 10.3. The highest BCUT2D eigenvalue weighted by Gasteiger charge is 2.05. The maximum Gasteiger partial charge on any atom is 0.271 e. The number of carbonyl (C=O) groups is 1. The number of nitrogens with one attached hydrogen (secondary N) is 3. The van der Waals surface area contributed by atoms with Crippen LogP contribution in [0.2, 0.25) is 0 Å². The molecule has 0 fully saturated rings. The lowest BCUT2D eigenvalue weighted by Crippen LogP contribution is -2.24. The molecule has 1 amide bonds. The van der Waals surface area contributed by atoms with Crippen LogP contribution in [0, 0.1) is 0 Å². The molecule has 6 heteroatoms. The first-order chi connectivity index (χ1) is 7.77. The molecule has 0 aromatic carbocycles. The third-order valence-corrected chi connectivity index (χ3v) is 1.92. The van der Waals surface area contributed by atoms with Crippen molar-refractivity contribution in [2.75, 3.05) is 32.0 Å². The van der Waals surface area contributed by atoms with Crippen molar-refractivity contribution in [3.05, 3.63) is 17.8 Å². The largest absolute Gasteiger partial charge is 0.367 e. The van der Waals surface area contributed by atoms with E-state index in [4.69, 9.17) is 0 Å². The average Bonchev–Trinajstić information content (AvgIpc) is 2.30. The summed E-state index contributed by atoms with van der Waals surface area (Å²) in [5.74, 6) is 0.472. The monoisotopic (exact) mass is 223 g/mol. The smallest absolute Gasteiger partial charge is 0.271 e.